The van der Waals surface area contributed by atoms with Crippen molar-refractivity contribution in [2.24, 2.45) is 0 Å². The number of rotatable bonds is 6. The number of amides is 1. The molecule has 0 spiro atoms. The fourth-order valence-corrected chi connectivity index (χ4v) is 2.00. The summed E-state index contributed by atoms with van der Waals surface area (Å²) in [4.78, 5) is 11.9. The van der Waals surface area contributed by atoms with E-state index in [-0.39, 0.29) is 17.7 Å². The second-order valence-electron chi connectivity index (χ2n) is 4.93. The lowest BCUT2D eigenvalue weighted by Crippen LogP contribution is -2.34. The van der Waals surface area contributed by atoms with Crippen LogP contribution in [0.2, 0.25) is 0 Å². The second kappa shape index (κ2) is 6.38. The van der Waals surface area contributed by atoms with E-state index < -0.39 is 6.10 Å². The molecule has 108 valence electrons. The van der Waals surface area contributed by atoms with Gasteiger partial charge in [0.2, 0.25) is 0 Å². The minimum Gasteiger partial charge on any atom is -0.454 e. The van der Waals surface area contributed by atoms with Crippen LogP contribution in [0.5, 0.6) is 0 Å². The molecule has 20 heavy (non-hydrogen) atoms. The lowest BCUT2D eigenvalue weighted by Gasteiger charge is -2.14. The molecule has 6 heteroatoms. The van der Waals surface area contributed by atoms with E-state index in [4.69, 9.17) is 4.42 Å². The van der Waals surface area contributed by atoms with Crippen LogP contribution in [-0.4, -0.2) is 32.9 Å². The van der Waals surface area contributed by atoms with Gasteiger partial charge in [-0.1, -0.05) is 0 Å². The monoisotopic (exact) mass is 277 g/mol. The van der Waals surface area contributed by atoms with E-state index in [1.165, 1.54) is 0 Å². The van der Waals surface area contributed by atoms with Gasteiger partial charge in [0.05, 0.1) is 12.6 Å². The predicted octanol–water partition coefficient (Wildman–Crippen LogP) is 1.41. The van der Waals surface area contributed by atoms with Gasteiger partial charge in [0.1, 0.15) is 5.76 Å². The minimum atomic E-state index is -0.447. The Morgan fingerprint density at radius 2 is 2.30 bits per heavy atom. The van der Waals surface area contributed by atoms with Crippen LogP contribution in [-0.2, 0) is 6.54 Å². The van der Waals surface area contributed by atoms with Crippen LogP contribution in [0.25, 0.3) is 0 Å². The molecule has 2 aromatic heterocycles. The molecule has 2 unspecified atom stereocenters. The summed E-state index contributed by atoms with van der Waals surface area (Å²) in [7, 11) is 0. The lowest BCUT2D eigenvalue weighted by molar-refractivity contribution is 0.0893. The molecule has 0 aliphatic rings. The molecule has 0 saturated heterocycles. The maximum absolute atomic E-state index is 11.9. The Labute approximate surface area is 117 Å². The zero-order valence-corrected chi connectivity index (χ0v) is 11.6. The molecule has 2 N–H and O–H groups in total. The summed E-state index contributed by atoms with van der Waals surface area (Å²) in [5, 5.41) is 16.1. The molecule has 2 rings (SSSR count). The maximum atomic E-state index is 11.9. The van der Waals surface area contributed by atoms with Crippen molar-refractivity contribution >= 4 is 5.91 Å². The predicted molar refractivity (Wildman–Crippen MR) is 73.3 cm³/mol. The van der Waals surface area contributed by atoms with Crippen LogP contribution in [0, 0.1) is 0 Å². The fourth-order valence-electron chi connectivity index (χ4n) is 2.00. The highest BCUT2D eigenvalue weighted by molar-refractivity contribution is 5.91. The normalized spacial score (nSPS) is 13.9. The van der Waals surface area contributed by atoms with Crippen LogP contribution in [0.3, 0.4) is 0 Å². The molecule has 0 aliphatic heterocycles. The number of hydrogen-bond donors (Lipinski definition) is 2. The smallest absolute Gasteiger partial charge is 0.287 e. The summed E-state index contributed by atoms with van der Waals surface area (Å²) in [6.45, 7) is 4.03. The van der Waals surface area contributed by atoms with Crippen molar-refractivity contribution in [1.82, 2.24) is 15.1 Å². The Morgan fingerprint density at radius 1 is 1.50 bits per heavy atom. The fraction of sp³-hybridized carbons (Fsp3) is 0.429. The lowest BCUT2D eigenvalue weighted by atomic mass is 10.1. The third-order valence-electron chi connectivity index (χ3n) is 2.83. The molecule has 0 saturated carbocycles. The third-order valence-corrected chi connectivity index (χ3v) is 2.83. The number of hydrogen-bond acceptors (Lipinski definition) is 4. The molecule has 0 aromatic carbocycles. The summed E-state index contributed by atoms with van der Waals surface area (Å²) in [6.07, 6.45) is 3.57. The molecular weight excluding hydrogens is 258 g/mol. The van der Waals surface area contributed by atoms with Gasteiger partial charge in [0.25, 0.3) is 5.91 Å². The van der Waals surface area contributed by atoms with Crippen LogP contribution in [0.1, 0.15) is 36.6 Å². The first-order valence-corrected chi connectivity index (χ1v) is 6.59. The van der Waals surface area contributed by atoms with Gasteiger partial charge in [-0.15, -0.1) is 0 Å². The minimum absolute atomic E-state index is 0.109. The number of furan rings is 1. The second-order valence-corrected chi connectivity index (χ2v) is 4.93. The largest absolute Gasteiger partial charge is 0.454 e. The Hall–Kier alpha value is -2.08. The Morgan fingerprint density at radius 3 is 2.95 bits per heavy atom. The van der Waals surface area contributed by atoms with Crippen molar-refractivity contribution in [3.05, 3.63) is 42.1 Å². The highest BCUT2D eigenvalue weighted by atomic mass is 16.4. The Balaban J connectivity index is 1.92. The molecule has 0 aliphatic carbocycles. The average molecular weight is 277 g/mol. The SMILES string of the molecule is CC(O)CC(C)NC(=O)c1ccc(Cn2cccn2)o1. The molecule has 0 fully saturated rings. The molecule has 1 amide bonds. The van der Waals surface area contributed by atoms with Gasteiger partial charge >= 0.3 is 0 Å². The molecule has 2 atom stereocenters. The summed E-state index contributed by atoms with van der Waals surface area (Å²) >= 11 is 0. The number of aliphatic hydroxyl groups excluding tert-OH is 1. The van der Waals surface area contributed by atoms with Crippen LogP contribution in [0.4, 0.5) is 0 Å². The molecule has 0 bridgehead atoms. The molecular formula is C14H19N3O3. The highest BCUT2D eigenvalue weighted by Gasteiger charge is 2.15. The topological polar surface area (TPSA) is 80.3 Å². The van der Waals surface area contributed by atoms with Gasteiger partial charge in [0.15, 0.2) is 5.76 Å². The van der Waals surface area contributed by atoms with Gasteiger partial charge < -0.3 is 14.8 Å². The summed E-state index contributed by atoms with van der Waals surface area (Å²) in [6, 6.07) is 5.12. The van der Waals surface area contributed by atoms with Crippen molar-refractivity contribution in [3.8, 4) is 0 Å². The molecule has 6 nitrogen and oxygen atoms in total. The van der Waals surface area contributed by atoms with Crippen molar-refractivity contribution in [2.75, 3.05) is 0 Å². The zero-order chi connectivity index (χ0) is 14.5. The average Bonchev–Trinajstić information content (AvgIpc) is 2.99. The van der Waals surface area contributed by atoms with Gasteiger partial charge in [0, 0.05) is 18.4 Å². The molecule has 0 radical (unpaired) electrons. The standard InChI is InChI=1S/C14H19N3O3/c1-10(8-11(2)18)16-14(19)13-5-4-12(20-13)9-17-7-3-6-15-17/h3-7,10-11,18H,8-9H2,1-2H3,(H,16,19). The summed E-state index contributed by atoms with van der Waals surface area (Å²) in [5.74, 6) is 0.663. The van der Waals surface area contributed by atoms with Gasteiger partial charge in [-0.3, -0.25) is 9.48 Å². The van der Waals surface area contributed by atoms with Crippen LogP contribution >= 0.6 is 0 Å². The maximum Gasteiger partial charge on any atom is 0.287 e. The molecule has 2 aromatic rings. The number of aromatic nitrogens is 2. The quantitative estimate of drug-likeness (QED) is 0.836. The zero-order valence-electron chi connectivity index (χ0n) is 11.6. The van der Waals surface area contributed by atoms with E-state index in [9.17, 15) is 9.90 Å². The van der Waals surface area contributed by atoms with Crippen molar-refractivity contribution in [1.29, 1.82) is 0 Å². The Bertz CT molecular complexity index is 546. The van der Waals surface area contributed by atoms with E-state index in [0.29, 0.717) is 18.7 Å². The van der Waals surface area contributed by atoms with Crippen molar-refractivity contribution < 1.29 is 14.3 Å². The highest BCUT2D eigenvalue weighted by Crippen LogP contribution is 2.10. The van der Waals surface area contributed by atoms with Gasteiger partial charge in [-0.25, -0.2) is 0 Å². The van der Waals surface area contributed by atoms with E-state index in [0.717, 1.165) is 0 Å². The van der Waals surface area contributed by atoms with E-state index in [1.807, 2.05) is 19.2 Å². The van der Waals surface area contributed by atoms with Gasteiger partial charge in [-0.2, -0.15) is 5.10 Å². The summed E-state index contributed by atoms with van der Waals surface area (Å²) in [5.41, 5.74) is 0. The number of aliphatic hydroxyl groups is 1. The van der Waals surface area contributed by atoms with Gasteiger partial charge in [-0.05, 0) is 38.5 Å². The van der Waals surface area contributed by atoms with E-state index >= 15 is 0 Å². The van der Waals surface area contributed by atoms with Crippen molar-refractivity contribution in [2.45, 2.75) is 39.0 Å². The third kappa shape index (κ3) is 3.96. The number of carbonyl (C=O) groups is 1. The summed E-state index contributed by atoms with van der Waals surface area (Å²) < 4.78 is 7.21. The first-order valence-electron chi connectivity index (χ1n) is 6.59. The van der Waals surface area contributed by atoms with Crippen LogP contribution in [0.15, 0.2) is 35.0 Å². The first-order chi connectivity index (χ1) is 9.54. The molecule has 2 heterocycles. The Kier molecular flexibility index (Phi) is 4.57. The number of nitrogens with zero attached hydrogens (tertiary/aromatic N) is 2. The number of carbonyl (C=O) groups excluding carboxylic acids is 1. The van der Waals surface area contributed by atoms with E-state index in [2.05, 4.69) is 10.4 Å². The van der Waals surface area contributed by atoms with Crippen LogP contribution < -0.4 is 5.32 Å². The number of nitrogens with one attached hydrogen (secondary N) is 1. The van der Waals surface area contributed by atoms with E-state index in [1.54, 1.807) is 29.9 Å². The first kappa shape index (κ1) is 14.3. The van der Waals surface area contributed by atoms with Crippen molar-refractivity contribution in [3.63, 3.8) is 0 Å².